The number of rotatable bonds is 5. The van der Waals surface area contributed by atoms with Crippen LogP contribution in [0.3, 0.4) is 0 Å². The van der Waals surface area contributed by atoms with Crippen LogP contribution in [0.15, 0.2) is 59.3 Å². The molecule has 0 bridgehead atoms. The number of hydrogen-bond donors (Lipinski definition) is 0. The van der Waals surface area contributed by atoms with Gasteiger partial charge in [0.25, 0.3) is 0 Å². The average Bonchev–Trinajstić information content (AvgIpc) is 3.40. The fourth-order valence-electron chi connectivity index (χ4n) is 4.81. The van der Waals surface area contributed by atoms with Crippen LogP contribution < -0.4 is 9.64 Å². The minimum atomic E-state index is -0.186. The molecule has 1 aliphatic carbocycles. The molecule has 2 amide bonds. The number of urea groups is 1. The Hall–Kier alpha value is -3.35. The molecule has 2 aromatic heterocycles. The lowest BCUT2D eigenvalue weighted by molar-refractivity contribution is 0.105. The fourth-order valence-corrected chi connectivity index (χ4v) is 4.81. The molecule has 0 radical (unpaired) electrons. The van der Waals surface area contributed by atoms with Crippen LogP contribution in [0.1, 0.15) is 37.9 Å². The molecule has 0 N–H and O–H groups in total. The Bertz CT molecular complexity index is 1040. The van der Waals surface area contributed by atoms with Gasteiger partial charge in [0.2, 0.25) is 5.88 Å². The lowest BCUT2D eigenvalue weighted by atomic mass is 9.81. The number of aromatic nitrogens is 2. The van der Waals surface area contributed by atoms with Gasteiger partial charge in [-0.2, -0.15) is 0 Å². The van der Waals surface area contributed by atoms with Crippen molar-refractivity contribution in [2.45, 2.75) is 44.2 Å². The molecule has 7 heteroatoms. The van der Waals surface area contributed by atoms with Gasteiger partial charge >= 0.3 is 6.03 Å². The zero-order valence-electron chi connectivity index (χ0n) is 17.7. The number of methoxy groups -OCH3 is 1. The molecule has 31 heavy (non-hydrogen) atoms. The highest BCUT2D eigenvalue weighted by atomic mass is 16.5. The van der Waals surface area contributed by atoms with Crippen molar-refractivity contribution >= 4 is 11.7 Å². The number of benzene rings is 1. The van der Waals surface area contributed by atoms with E-state index in [2.05, 4.69) is 10.1 Å². The van der Waals surface area contributed by atoms with Gasteiger partial charge in [0.05, 0.1) is 37.6 Å². The van der Waals surface area contributed by atoms with Gasteiger partial charge in [0.15, 0.2) is 5.76 Å². The number of carbonyl (C=O) groups is 1. The molecule has 3 aromatic rings. The highest BCUT2D eigenvalue weighted by molar-refractivity contribution is 5.95. The summed E-state index contributed by atoms with van der Waals surface area (Å²) in [6.45, 7) is 1.08. The number of amides is 2. The first-order chi connectivity index (χ1) is 15.2. The van der Waals surface area contributed by atoms with Gasteiger partial charge in [-0.1, -0.05) is 54.8 Å². The van der Waals surface area contributed by atoms with Crippen LogP contribution in [0.25, 0.3) is 11.3 Å². The van der Waals surface area contributed by atoms with Crippen LogP contribution >= 0.6 is 0 Å². The molecule has 0 atom stereocenters. The van der Waals surface area contributed by atoms with Crippen LogP contribution in [0.5, 0.6) is 5.88 Å². The fraction of sp³-hybridized carbons (Fsp3) is 0.375. The number of carbonyl (C=O) groups excluding carboxylic acids is 1. The van der Waals surface area contributed by atoms with E-state index in [0.29, 0.717) is 24.7 Å². The summed E-state index contributed by atoms with van der Waals surface area (Å²) in [7, 11) is 1.59. The minimum Gasteiger partial charge on any atom is -0.481 e. The van der Waals surface area contributed by atoms with E-state index >= 15 is 0 Å². The van der Waals surface area contributed by atoms with E-state index in [1.807, 2.05) is 52.3 Å². The summed E-state index contributed by atoms with van der Waals surface area (Å²) in [6.07, 6.45) is 7.18. The van der Waals surface area contributed by atoms with Crippen molar-refractivity contribution in [2.75, 3.05) is 18.6 Å². The second kappa shape index (κ2) is 8.06. The Morgan fingerprint density at radius 2 is 1.90 bits per heavy atom. The van der Waals surface area contributed by atoms with Crippen molar-refractivity contribution in [3.05, 3.63) is 60.5 Å². The Labute approximate surface area is 181 Å². The Morgan fingerprint density at radius 3 is 2.61 bits per heavy atom. The monoisotopic (exact) mass is 418 g/mol. The Balaban J connectivity index is 1.42. The summed E-state index contributed by atoms with van der Waals surface area (Å²) in [5.74, 6) is 1.24. The third-order valence-corrected chi connectivity index (χ3v) is 6.46. The SMILES string of the molecule is COc1ccc(N2CC3(CCCCC3)N(Cc3cc(-c4ccccc4)no3)C2=O)cn1. The van der Waals surface area contributed by atoms with Crippen LogP contribution in [0.2, 0.25) is 0 Å². The summed E-state index contributed by atoms with van der Waals surface area (Å²) in [4.78, 5) is 21.7. The van der Waals surface area contributed by atoms with Crippen molar-refractivity contribution in [2.24, 2.45) is 0 Å². The molecule has 1 aliphatic heterocycles. The molecular formula is C24H26N4O3. The second-order valence-corrected chi connectivity index (χ2v) is 8.34. The highest BCUT2D eigenvalue weighted by Gasteiger charge is 2.50. The summed E-state index contributed by atoms with van der Waals surface area (Å²) in [6, 6.07) is 15.6. The van der Waals surface area contributed by atoms with E-state index in [9.17, 15) is 4.79 Å². The third kappa shape index (κ3) is 3.65. The Morgan fingerprint density at radius 1 is 1.10 bits per heavy atom. The number of hydrogen-bond acceptors (Lipinski definition) is 5. The average molecular weight is 418 g/mol. The lowest BCUT2D eigenvalue weighted by Crippen LogP contribution is -2.47. The topological polar surface area (TPSA) is 71.7 Å². The highest BCUT2D eigenvalue weighted by Crippen LogP contribution is 2.42. The number of ether oxygens (including phenoxy) is 1. The van der Waals surface area contributed by atoms with E-state index in [0.717, 1.165) is 42.6 Å². The molecule has 1 spiro atoms. The standard InChI is InChI=1S/C24H26N4O3/c1-30-22-11-10-19(15-25-22)27-17-24(12-6-3-7-13-24)28(23(27)29)16-20-14-21(26-31-20)18-8-4-2-5-9-18/h2,4-5,8-11,14-15H,3,6-7,12-13,16-17H2,1H3. The molecule has 160 valence electrons. The smallest absolute Gasteiger partial charge is 0.325 e. The predicted octanol–water partition coefficient (Wildman–Crippen LogP) is 4.89. The predicted molar refractivity (Wildman–Crippen MR) is 117 cm³/mol. The van der Waals surface area contributed by atoms with E-state index < -0.39 is 0 Å². The van der Waals surface area contributed by atoms with Gasteiger partial charge in [0.1, 0.15) is 5.69 Å². The van der Waals surface area contributed by atoms with E-state index in [4.69, 9.17) is 9.26 Å². The molecule has 2 fully saturated rings. The summed E-state index contributed by atoms with van der Waals surface area (Å²) in [5, 5.41) is 4.23. The lowest BCUT2D eigenvalue weighted by Gasteiger charge is -2.39. The summed E-state index contributed by atoms with van der Waals surface area (Å²) >= 11 is 0. The van der Waals surface area contributed by atoms with Crippen molar-refractivity contribution in [3.8, 4) is 17.1 Å². The Kier molecular flexibility index (Phi) is 5.10. The quantitative estimate of drug-likeness (QED) is 0.590. The second-order valence-electron chi connectivity index (χ2n) is 8.34. The zero-order valence-corrected chi connectivity index (χ0v) is 17.7. The summed E-state index contributed by atoms with van der Waals surface area (Å²) in [5.41, 5.74) is 2.40. The minimum absolute atomic E-state index is 0.00784. The molecule has 1 saturated carbocycles. The molecule has 7 nitrogen and oxygen atoms in total. The van der Waals surface area contributed by atoms with Crippen LogP contribution in [0, 0.1) is 0 Å². The molecule has 2 aliphatic rings. The third-order valence-electron chi connectivity index (χ3n) is 6.46. The van der Waals surface area contributed by atoms with Crippen molar-refractivity contribution < 1.29 is 14.1 Å². The van der Waals surface area contributed by atoms with Crippen LogP contribution in [-0.4, -0.2) is 40.3 Å². The molecule has 5 rings (SSSR count). The summed E-state index contributed by atoms with van der Waals surface area (Å²) < 4.78 is 10.8. The molecule has 0 unspecified atom stereocenters. The van der Waals surface area contributed by atoms with Gasteiger partial charge in [-0.15, -0.1) is 0 Å². The van der Waals surface area contributed by atoms with Crippen molar-refractivity contribution in [1.29, 1.82) is 0 Å². The van der Waals surface area contributed by atoms with E-state index in [1.165, 1.54) is 6.42 Å². The largest absolute Gasteiger partial charge is 0.481 e. The molecular weight excluding hydrogens is 392 g/mol. The van der Waals surface area contributed by atoms with Gasteiger partial charge in [0, 0.05) is 17.7 Å². The first-order valence-corrected chi connectivity index (χ1v) is 10.8. The normalized spacial score (nSPS) is 18.0. The van der Waals surface area contributed by atoms with Gasteiger partial charge in [-0.3, -0.25) is 4.90 Å². The van der Waals surface area contributed by atoms with E-state index in [-0.39, 0.29) is 11.6 Å². The number of pyridine rings is 1. The first kappa shape index (κ1) is 19.6. The zero-order chi connectivity index (χ0) is 21.3. The number of anilines is 1. The van der Waals surface area contributed by atoms with Crippen LogP contribution in [0.4, 0.5) is 10.5 Å². The number of nitrogens with zero attached hydrogens (tertiary/aromatic N) is 4. The molecule has 3 heterocycles. The van der Waals surface area contributed by atoms with Crippen molar-refractivity contribution in [3.63, 3.8) is 0 Å². The molecule has 1 saturated heterocycles. The maximum Gasteiger partial charge on any atom is 0.325 e. The van der Waals surface area contributed by atoms with Gasteiger partial charge < -0.3 is 14.2 Å². The first-order valence-electron chi connectivity index (χ1n) is 10.8. The van der Waals surface area contributed by atoms with Crippen LogP contribution in [-0.2, 0) is 6.54 Å². The molecule has 1 aromatic carbocycles. The maximum atomic E-state index is 13.5. The maximum absolute atomic E-state index is 13.5. The van der Waals surface area contributed by atoms with Gasteiger partial charge in [-0.05, 0) is 18.9 Å². The van der Waals surface area contributed by atoms with Gasteiger partial charge in [-0.25, -0.2) is 9.78 Å². The van der Waals surface area contributed by atoms with Crippen molar-refractivity contribution in [1.82, 2.24) is 15.0 Å². The van der Waals surface area contributed by atoms with E-state index in [1.54, 1.807) is 19.4 Å².